The Balaban J connectivity index is 0.00000220. The van der Waals surface area contributed by atoms with Crippen LogP contribution in [0.15, 0.2) is 29.3 Å². The van der Waals surface area contributed by atoms with Crippen molar-refractivity contribution in [1.29, 1.82) is 0 Å². The van der Waals surface area contributed by atoms with E-state index in [2.05, 4.69) is 27.8 Å². The van der Waals surface area contributed by atoms with Gasteiger partial charge in [0.1, 0.15) is 5.75 Å². The third-order valence-corrected chi connectivity index (χ3v) is 3.15. The highest BCUT2D eigenvalue weighted by molar-refractivity contribution is 8.93. The van der Waals surface area contributed by atoms with Gasteiger partial charge in [-0.3, -0.25) is 4.99 Å². The fourth-order valence-corrected chi connectivity index (χ4v) is 2.14. The zero-order valence-electron chi connectivity index (χ0n) is 12.9. The van der Waals surface area contributed by atoms with E-state index in [9.17, 15) is 0 Å². The number of halogens is 1. The van der Waals surface area contributed by atoms with Gasteiger partial charge in [-0.2, -0.15) is 0 Å². The zero-order chi connectivity index (χ0) is 14.2. The molecule has 0 saturated carbocycles. The number of guanidine groups is 1. The molecule has 0 radical (unpaired) electrons. The normalized spacial score (nSPS) is 14.5. The Kier molecular flexibility index (Phi) is 8.20. The highest BCUT2D eigenvalue weighted by Gasteiger charge is 2.02. The quantitative estimate of drug-likeness (QED) is 0.853. The Labute approximate surface area is 138 Å². The number of ether oxygens (including phenoxy) is 1. The second kappa shape index (κ2) is 9.66. The van der Waals surface area contributed by atoms with Gasteiger partial charge in [-0.1, -0.05) is 12.1 Å². The Morgan fingerprint density at radius 1 is 1.24 bits per heavy atom. The lowest BCUT2D eigenvalue weighted by Gasteiger charge is -2.11. The van der Waals surface area contributed by atoms with Crippen LogP contribution in [0, 0.1) is 0 Å². The molecule has 0 saturated heterocycles. The van der Waals surface area contributed by atoms with Gasteiger partial charge in [-0.05, 0) is 50.8 Å². The average Bonchev–Trinajstić information content (AvgIpc) is 2.69. The molecule has 0 amide bonds. The molecule has 1 heterocycles. The van der Waals surface area contributed by atoms with Crippen molar-refractivity contribution in [3.8, 4) is 5.75 Å². The summed E-state index contributed by atoms with van der Waals surface area (Å²) in [6, 6.07) is 8.33. The molecule has 1 aromatic carbocycles. The van der Waals surface area contributed by atoms with Crippen molar-refractivity contribution in [2.45, 2.75) is 39.2 Å². The minimum absolute atomic E-state index is 0. The maximum atomic E-state index is 5.64. The highest BCUT2D eigenvalue weighted by atomic mass is 79.9. The van der Waals surface area contributed by atoms with Crippen LogP contribution in [-0.4, -0.2) is 31.7 Å². The van der Waals surface area contributed by atoms with Gasteiger partial charge in [0.2, 0.25) is 0 Å². The van der Waals surface area contributed by atoms with Gasteiger partial charge in [0, 0.05) is 19.6 Å². The number of nitrogens with zero attached hydrogens (tertiary/aromatic N) is 1. The molecule has 1 aliphatic heterocycles. The van der Waals surface area contributed by atoms with E-state index < -0.39 is 0 Å². The summed E-state index contributed by atoms with van der Waals surface area (Å²) in [5.74, 6) is 1.88. The molecule has 1 aromatic rings. The van der Waals surface area contributed by atoms with Crippen molar-refractivity contribution in [2.24, 2.45) is 4.99 Å². The van der Waals surface area contributed by atoms with Crippen molar-refractivity contribution in [2.75, 3.05) is 19.6 Å². The van der Waals surface area contributed by atoms with E-state index >= 15 is 0 Å². The summed E-state index contributed by atoms with van der Waals surface area (Å²) >= 11 is 0. The number of hydrogen-bond acceptors (Lipinski definition) is 4. The second-order valence-corrected chi connectivity index (χ2v) is 5.35. The van der Waals surface area contributed by atoms with Gasteiger partial charge in [0.15, 0.2) is 5.96 Å². The Hall–Kier alpha value is -1.23. The zero-order valence-corrected chi connectivity index (χ0v) is 14.6. The molecule has 21 heavy (non-hydrogen) atoms. The third-order valence-electron chi connectivity index (χ3n) is 3.15. The van der Waals surface area contributed by atoms with Crippen LogP contribution < -0.4 is 15.4 Å². The molecule has 0 aromatic heterocycles. The van der Waals surface area contributed by atoms with Gasteiger partial charge in [0.25, 0.3) is 0 Å². The second-order valence-electron chi connectivity index (χ2n) is 5.35. The minimum Gasteiger partial charge on any atom is -0.491 e. The predicted octanol–water partition coefficient (Wildman–Crippen LogP) is 2.92. The molecular weight excluding hydrogens is 330 g/mol. The largest absolute Gasteiger partial charge is 0.491 e. The summed E-state index contributed by atoms with van der Waals surface area (Å²) in [7, 11) is 0. The summed E-state index contributed by atoms with van der Waals surface area (Å²) in [5.41, 5.74) is 1.31. The van der Waals surface area contributed by atoms with Crippen molar-refractivity contribution in [3.63, 3.8) is 0 Å². The van der Waals surface area contributed by atoms with Crippen LogP contribution in [-0.2, 0) is 6.42 Å². The van der Waals surface area contributed by atoms with E-state index in [0.717, 1.165) is 37.8 Å². The van der Waals surface area contributed by atoms with Gasteiger partial charge < -0.3 is 15.4 Å². The SMILES string of the molecule is Br.CC(C)Oc1ccc(CCNC2=NCCCCN2)cc1. The van der Waals surface area contributed by atoms with Crippen LogP contribution in [0.1, 0.15) is 32.3 Å². The maximum Gasteiger partial charge on any atom is 0.191 e. The minimum atomic E-state index is 0. The lowest BCUT2D eigenvalue weighted by Crippen LogP contribution is -2.38. The molecule has 0 atom stereocenters. The number of nitrogens with one attached hydrogen (secondary N) is 2. The summed E-state index contributed by atoms with van der Waals surface area (Å²) in [5, 5.41) is 6.68. The van der Waals surface area contributed by atoms with Crippen LogP contribution in [0.4, 0.5) is 0 Å². The van der Waals surface area contributed by atoms with Crippen LogP contribution >= 0.6 is 17.0 Å². The van der Waals surface area contributed by atoms with E-state index in [0.29, 0.717) is 0 Å². The fraction of sp³-hybridized carbons (Fsp3) is 0.562. The molecule has 1 aliphatic rings. The van der Waals surface area contributed by atoms with Crippen LogP contribution in [0.5, 0.6) is 5.75 Å². The van der Waals surface area contributed by atoms with E-state index in [-0.39, 0.29) is 23.1 Å². The molecule has 0 fully saturated rings. The first-order chi connectivity index (χ1) is 9.74. The number of aliphatic imine (C=N–C) groups is 1. The lowest BCUT2D eigenvalue weighted by atomic mass is 10.1. The first-order valence-electron chi connectivity index (χ1n) is 7.52. The standard InChI is InChI=1S/C16H25N3O.BrH/c1-13(2)20-15-7-5-14(6-8-15)9-12-19-16-17-10-3-4-11-18-16;/h5-8,13H,3-4,9-12H2,1-2H3,(H2,17,18,19);1H. The van der Waals surface area contributed by atoms with Crippen molar-refractivity contribution in [1.82, 2.24) is 10.6 Å². The van der Waals surface area contributed by atoms with E-state index in [1.54, 1.807) is 0 Å². The molecule has 4 nitrogen and oxygen atoms in total. The molecule has 118 valence electrons. The molecule has 0 aliphatic carbocycles. The summed E-state index contributed by atoms with van der Waals surface area (Å²) in [4.78, 5) is 4.48. The first kappa shape index (κ1) is 17.8. The van der Waals surface area contributed by atoms with Crippen molar-refractivity contribution < 1.29 is 4.74 Å². The van der Waals surface area contributed by atoms with Gasteiger partial charge in [-0.15, -0.1) is 17.0 Å². The Morgan fingerprint density at radius 2 is 2.00 bits per heavy atom. The molecule has 2 N–H and O–H groups in total. The molecule has 5 heteroatoms. The number of hydrogen-bond donors (Lipinski definition) is 2. The van der Waals surface area contributed by atoms with Crippen LogP contribution in [0.25, 0.3) is 0 Å². The van der Waals surface area contributed by atoms with E-state index in [4.69, 9.17) is 4.74 Å². The smallest absolute Gasteiger partial charge is 0.191 e. The topological polar surface area (TPSA) is 45.6 Å². The van der Waals surface area contributed by atoms with Crippen LogP contribution in [0.2, 0.25) is 0 Å². The van der Waals surface area contributed by atoms with Gasteiger partial charge >= 0.3 is 0 Å². The van der Waals surface area contributed by atoms with E-state index in [1.807, 2.05) is 26.0 Å². The van der Waals surface area contributed by atoms with Crippen LogP contribution in [0.3, 0.4) is 0 Å². The highest BCUT2D eigenvalue weighted by Crippen LogP contribution is 2.13. The molecule has 2 rings (SSSR count). The number of benzene rings is 1. The lowest BCUT2D eigenvalue weighted by molar-refractivity contribution is 0.242. The molecule has 0 bridgehead atoms. The number of rotatable bonds is 5. The Bertz CT molecular complexity index is 432. The van der Waals surface area contributed by atoms with Gasteiger partial charge in [-0.25, -0.2) is 0 Å². The summed E-state index contributed by atoms with van der Waals surface area (Å²) in [6.45, 7) is 6.93. The first-order valence-corrected chi connectivity index (χ1v) is 7.52. The molecule has 0 unspecified atom stereocenters. The van der Waals surface area contributed by atoms with Crippen molar-refractivity contribution >= 4 is 22.9 Å². The fourth-order valence-electron chi connectivity index (χ4n) is 2.14. The maximum absolute atomic E-state index is 5.64. The Morgan fingerprint density at radius 3 is 2.71 bits per heavy atom. The monoisotopic (exact) mass is 355 g/mol. The summed E-state index contributed by atoms with van der Waals surface area (Å²) in [6.07, 6.45) is 3.59. The van der Waals surface area contributed by atoms with Crippen molar-refractivity contribution in [3.05, 3.63) is 29.8 Å². The third kappa shape index (κ3) is 6.85. The molecular formula is C16H26BrN3O. The molecule has 0 spiro atoms. The van der Waals surface area contributed by atoms with E-state index in [1.165, 1.54) is 18.4 Å². The summed E-state index contributed by atoms with van der Waals surface area (Å²) < 4.78 is 5.64. The predicted molar refractivity (Wildman–Crippen MR) is 93.8 cm³/mol. The average molecular weight is 356 g/mol. The van der Waals surface area contributed by atoms with Gasteiger partial charge in [0.05, 0.1) is 6.10 Å².